The molecular formula is C11H13BrO3. The maximum absolute atomic E-state index is 9.94. The Morgan fingerprint density at radius 2 is 2.00 bits per heavy atom. The Hall–Kier alpha value is -0.580. The smallest absolute Gasteiger partial charge is 0.132 e. The number of fused-ring (bicyclic) bond motifs is 1. The van der Waals surface area contributed by atoms with Crippen LogP contribution in [0.2, 0.25) is 0 Å². The lowest BCUT2D eigenvalue weighted by Crippen LogP contribution is -2.48. The van der Waals surface area contributed by atoms with E-state index in [1.807, 2.05) is 6.07 Å². The predicted molar refractivity (Wildman–Crippen MR) is 59.8 cm³/mol. The van der Waals surface area contributed by atoms with Crippen LogP contribution < -0.4 is 4.74 Å². The fraction of sp³-hybridized carbons (Fsp3) is 0.455. The third-order valence-electron chi connectivity index (χ3n) is 2.67. The topological polar surface area (TPSA) is 49.7 Å². The molecule has 1 aliphatic heterocycles. The zero-order chi connectivity index (χ0) is 11.2. The molecule has 0 saturated heterocycles. The van der Waals surface area contributed by atoms with Crippen LogP contribution in [-0.4, -0.2) is 21.9 Å². The number of ether oxygens (including phenoxy) is 1. The lowest BCUT2D eigenvalue weighted by molar-refractivity contribution is -0.111. The number of aliphatic hydroxyl groups excluding tert-OH is 2. The average molecular weight is 273 g/mol. The molecule has 0 radical (unpaired) electrons. The van der Waals surface area contributed by atoms with Crippen molar-refractivity contribution in [1.82, 2.24) is 0 Å². The Morgan fingerprint density at radius 3 is 2.67 bits per heavy atom. The van der Waals surface area contributed by atoms with E-state index >= 15 is 0 Å². The van der Waals surface area contributed by atoms with E-state index in [9.17, 15) is 10.2 Å². The number of aliphatic hydroxyl groups is 2. The van der Waals surface area contributed by atoms with Gasteiger partial charge in [-0.15, -0.1) is 0 Å². The number of hydrogen-bond acceptors (Lipinski definition) is 3. The van der Waals surface area contributed by atoms with E-state index in [0.717, 1.165) is 4.47 Å². The molecule has 2 rings (SSSR count). The van der Waals surface area contributed by atoms with E-state index in [1.54, 1.807) is 26.0 Å². The van der Waals surface area contributed by atoms with Gasteiger partial charge in [-0.1, -0.05) is 15.9 Å². The van der Waals surface area contributed by atoms with Gasteiger partial charge in [-0.3, -0.25) is 0 Å². The molecular weight excluding hydrogens is 260 g/mol. The van der Waals surface area contributed by atoms with Gasteiger partial charge >= 0.3 is 0 Å². The van der Waals surface area contributed by atoms with Crippen molar-refractivity contribution < 1.29 is 14.9 Å². The monoisotopic (exact) mass is 272 g/mol. The van der Waals surface area contributed by atoms with Crippen molar-refractivity contribution in [3.05, 3.63) is 28.2 Å². The summed E-state index contributed by atoms with van der Waals surface area (Å²) in [6.45, 7) is 3.51. The summed E-state index contributed by atoms with van der Waals surface area (Å²) in [5.74, 6) is 0.626. The Balaban J connectivity index is 2.50. The van der Waals surface area contributed by atoms with Crippen LogP contribution in [0.5, 0.6) is 5.75 Å². The first-order valence-corrected chi connectivity index (χ1v) is 5.56. The molecule has 1 aromatic rings. The summed E-state index contributed by atoms with van der Waals surface area (Å²) in [6, 6.07) is 5.40. The normalized spacial score (nSPS) is 28.1. The highest BCUT2D eigenvalue weighted by Gasteiger charge is 2.41. The fourth-order valence-corrected chi connectivity index (χ4v) is 2.12. The van der Waals surface area contributed by atoms with Gasteiger partial charge in [-0.05, 0) is 32.0 Å². The van der Waals surface area contributed by atoms with Gasteiger partial charge in [0.05, 0.1) is 0 Å². The molecule has 2 N–H and O–H groups in total. The highest BCUT2D eigenvalue weighted by Crippen LogP contribution is 2.40. The molecule has 15 heavy (non-hydrogen) atoms. The molecule has 1 aromatic carbocycles. The molecule has 0 fully saturated rings. The van der Waals surface area contributed by atoms with Crippen molar-refractivity contribution in [3.63, 3.8) is 0 Å². The van der Waals surface area contributed by atoms with Crippen LogP contribution in [0.3, 0.4) is 0 Å². The minimum atomic E-state index is -0.917. The van der Waals surface area contributed by atoms with Gasteiger partial charge in [0.1, 0.15) is 23.6 Å². The number of rotatable bonds is 0. The van der Waals surface area contributed by atoms with Crippen molar-refractivity contribution >= 4 is 15.9 Å². The highest BCUT2D eigenvalue weighted by atomic mass is 79.9. The van der Waals surface area contributed by atoms with Gasteiger partial charge in [0.15, 0.2) is 0 Å². The van der Waals surface area contributed by atoms with Gasteiger partial charge in [0.2, 0.25) is 0 Å². The number of benzene rings is 1. The average Bonchev–Trinajstić information content (AvgIpc) is 2.16. The van der Waals surface area contributed by atoms with Crippen molar-refractivity contribution in [2.24, 2.45) is 0 Å². The Morgan fingerprint density at radius 1 is 1.33 bits per heavy atom. The lowest BCUT2D eigenvalue weighted by atomic mass is 9.89. The summed E-state index contributed by atoms with van der Waals surface area (Å²) in [7, 11) is 0. The van der Waals surface area contributed by atoms with E-state index in [2.05, 4.69) is 15.9 Å². The van der Waals surface area contributed by atoms with Crippen LogP contribution >= 0.6 is 15.9 Å². The van der Waals surface area contributed by atoms with Crippen LogP contribution in [-0.2, 0) is 0 Å². The predicted octanol–water partition coefficient (Wildman–Crippen LogP) is 2.01. The fourth-order valence-electron chi connectivity index (χ4n) is 1.74. The molecule has 1 heterocycles. The molecule has 1 aliphatic rings. The first-order chi connectivity index (χ1) is 6.92. The second kappa shape index (κ2) is 3.47. The van der Waals surface area contributed by atoms with Crippen LogP contribution in [0.4, 0.5) is 0 Å². The molecule has 0 unspecified atom stereocenters. The van der Waals surface area contributed by atoms with Crippen LogP contribution in [0.15, 0.2) is 22.7 Å². The van der Waals surface area contributed by atoms with Gasteiger partial charge in [-0.25, -0.2) is 0 Å². The molecule has 0 saturated carbocycles. The third-order valence-corrected chi connectivity index (χ3v) is 3.17. The summed E-state index contributed by atoms with van der Waals surface area (Å²) in [6.07, 6.45) is -1.82. The Bertz CT molecular complexity index is 389. The molecule has 4 heteroatoms. The molecule has 2 atom stereocenters. The minimum Gasteiger partial charge on any atom is -0.485 e. The lowest BCUT2D eigenvalue weighted by Gasteiger charge is -2.40. The molecule has 0 spiro atoms. The molecule has 0 amide bonds. The minimum absolute atomic E-state index is 0.621. The van der Waals surface area contributed by atoms with E-state index in [4.69, 9.17) is 4.74 Å². The standard InChI is InChI=1S/C11H13BrO3/c1-11(2)10(14)9(13)7-5-6(12)3-4-8(7)15-11/h3-5,9-10,13-14H,1-2H3/t9-,10+/m1/s1. The van der Waals surface area contributed by atoms with Crippen molar-refractivity contribution in [2.75, 3.05) is 0 Å². The van der Waals surface area contributed by atoms with Gasteiger partial charge < -0.3 is 14.9 Å². The van der Waals surface area contributed by atoms with Crippen molar-refractivity contribution in [3.8, 4) is 5.75 Å². The second-order valence-corrected chi connectivity index (χ2v) is 5.19. The van der Waals surface area contributed by atoms with Gasteiger partial charge in [-0.2, -0.15) is 0 Å². The first-order valence-electron chi connectivity index (χ1n) is 4.76. The molecule has 0 bridgehead atoms. The molecule has 3 nitrogen and oxygen atoms in total. The molecule has 0 aromatic heterocycles. The maximum Gasteiger partial charge on any atom is 0.132 e. The summed E-state index contributed by atoms with van der Waals surface area (Å²) >= 11 is 3.32. The summed E-state index contributed by atoms with van der Waals surface area (Å²) in [5.41, 5.74) is -0.142. The van der Waals surface area contributed by atoms with Gasteiger partial charge in [0.25, 0.3) is 0 Å². The molecule has 82 valence electrons. The number of hydrogen-bond donors (Lipinski definition) is 2. The summed E-state index contributed by atoms with van der Waals surface area (Å²) in [4.78, 5) is 0. The summed E-state index contributed by atoms with van der Waals surface area (Å²) < 4.78 is 6.48. The zero-order valence-corrected chi connectivity index (χ0v) is 10.2. The van der Waals surface area contributed by atoms with E-state index in [-0.39, 0.29) is 0 Å². The maximum atomic E-state index is 9.94. The highest BCUT2D eigenvalue weighted by molar-refractivity contribution is 9.10. The van der Waals surface area contributed by atoms with Crippen LogP contribution in [0, 0.1) is 0 Å². The Kier molecular flexibility index (Phi) is 2.53. The van der Waals surface area contributed by atoms with Gasteiger partial charge in [0, 0.05) is 10.0 Å². The molecule has 0 aliphatic carbocycles. The van der Waals surface area contributed by atoms with Crippen molar-refractivity contribution in [2.45, 2.75) is 31.7 Å². The third kappa shape index (κ3) is 1.77. The summed E-state index contributed by atoms with van der Waals surface area (Å²) in [5, 5.41) is 19.8. The first kappa shape index (κ1) is 10.9. The van der Waals surface area contributed by atoms with E-state index < -0.39 is 17.8 Å². The van der Waals surface area contributed by atoms with Crippen LogP contribution in [0.25, 0.3) is 0 Å². The van der Waals surface area contributed by atoms with Crippen molar-refractivity contribution in [1.29, 1.82) is 0 Å². The second-order valence-electron chi connectivity index (χ2n) is 4.28. The Labute approximate surface area is 96.8 Å². The zero-order valence-electron chi connectivity index (χ0n) is 8.57. The van der Waals surface area contributed by atoms with Crippen LogP contribution in [0.1, 0.15) is 25.5 Å². The van der Waals surface area contributed by atoms with E-state index in [0.29, 0.717) is 11.3 Å². The van der Waals surface area contributed by atoms with E-state index in [1.165, 1.54) is 0 Å². The SMILES string of the molecule is CC1(C)Oc2ccc(Br)cc2[C@@H](O)[C@@H]1O. The number of halogens is 1. The largest absolute Gasteiger partial charge is 0.485 e. The quantitative estimate of drug-likeness (QED) is 0.760.